The number of non-ortho nitro benzene ring substituents is 1. The fourth-order valence-electron chi connectivity index (χ4n) is 1.95. The first kappa shape index (κ1) is 14.4. The van der Waals surface area contributed by atoms with Crippen LogP contribution in [0.15, 0.2) is 57.5 Å². The minimum atomic E-state index is -0.445. The minimum absolute atomic E-state index is 0.0299. The van der Waals surface area contributed by atoms with Crippen molar-refractivity contribution in [3.63, 3.8) is 0 Å². The van der Waals surface area contributed by atoms with Crippen LogP contribution < -0.4 is 0 Å². The second kappa shape index (κ2) is 6.07. The third-order valence-electron chi connectivity index (χ3n) is 3.07. The molecule has 1 aromatic heterocycles. The van der Waals surface area contributed by atoms with Crippen LogP contribution in [0.3, 0.4) is 0 Å². The zero-order chi connectivity index (χ0) is 15.5. The molecule has 3 rings (SSSR count). The lowest BCUT2D eigenvalue weighted by Gasteiger charge is -1.96. The molecule has 0 spiro atoms. The highest BCUT2D eigenvalue weighted by Gasteiger charge is 2.11. The Morgan fingerprint density at radius 3 is 2.41 bits per heavy atom. The quantitative estimate of drug-likeness (QED) is 0.519. The second-order valence-corrected chi connectivity index (χ2v) is 5.53. The molecule has 2 aromatic carbocycles. The van der Waals surface area contributed by atoms with Crippen molar-refractivity contribution in [3.8, 4) is 11.4 Å². The molecule has 6 nitrogen and oxygen atoms in total. The molecule has 0 fully saturated rings. The third kappa shape index (κ3) is 3.20. The summed E-state index contributed by atoms with van der Waals surface area (Å²) in [7, 11) is 0. The molecule has 0 bridgehead atoms. The molecule has 1 heterocycles. The lowest BCUT2D eigenvalue weighted by Crippen LogP contribution is -1.89. The molecule has 0 aliphatic carbocycles. The Kier molecular flexibility index (Phi) is 3.97. The first-order valence-electron chi connectivity index (χ1n) is 6.44. The zero-order valence-corrected chi connectivity index (χ0v) is 12.9. The lowest BCUT2D eigenvalue weighted by molar-refractivity contribution is -0.384. The molecule has 0 N–H and O–H groups in total. The molecule has 0 radical (unpaired) electrons. The molecule has 0 atom stereocenters. The van der Waals surface area contributed by atoms with Crippen molar-refractivity contribution in [2.24, 2.45) is 0 Å². The smallest absolute Gasteiger partial charge is 0.269 e. The van der Waals surface area contributed by atoms with E-state index in [0.717, 1.165) is 10.0 Å². The highest BCUT2D eigenvalue weighted by atomic mass is 79.9. The van der Waals surface area contributed by atoms with Gasteiger partial charge >= 0.3 is 0 Å². The predicted octanol–water partition coefficient (Wildman–Crippen LogP) is 4.00. The van der Waals surface area contributed by atoms with Crippen molar-refractivity contribution in [2.75, 3.05) is 0 Å². The molecule has 22 heavy (non-hydrogen) atoms. The Balaban J connectivity index is 1.78. The summed E-state index contributed by atoms with van der Waals surface area (Å²) in [5.74, 6) is 0.915. The van der Waals surface area contributed by atoms with E-state index in [2.05, 4.69) is 26.1 Å². The highest BCUT2D eigenvalue weighted by Crippen LogP contribution is 2.21. The van der Waals surface area contributed by atoms with E-state index in [1.165, 1.54) is 12.1 Å². The number of benzene rings is 2. The van der Waals surface area contributed by atoms with E-state index >= 15 is 0 Å². The maximum Gasteiger partial charge on any atom is 0.269 e. The number of nitro groups is 1. The first-order valence-corrected chi connectivity index (χ1v) is 7.23. The normalized spacial score (nSPS) is 10.6. The topological polar surface area (TPSA) is 82.1 Å². The number of aromatic nitrogens is 2. The van der Waals surface area contributed by atoms with Gasteiger partial charge in [-0.1, -0.05) is 33.2 Å². The van der Waals surface area contributed by atoms with Gasteiger partial charge in [-0.2, -0.15) is 4.98 Å². The third-order valence-corrected chi connectivity index (χ3v) is 3.60. The summed E-state index contributed by atoms with van der Waals surface area (Å²) in [5, 5.41) is 14.5. The number of hydrogen-bond donors (Lipinski definition) is 0. The average Bonchev–Trinajstić information content (AvgIpc) is 2.98. The van der Waals surface area contributed by atoms with E-state index < -0.39 is 4.92 Å². The average molecular weight is 360 g/mol. The summed E-state index contributed by atoms with van der Waals surface area (Å²) in [4.78, 5) is 14.5. The molecule has 0 aliphatic rings. The van der Waals surface area contributed by atoms with Gasteiger partial charge in [-0.25, -0.2) is 0 Å². The highest BCUT2D eigenvalue weighted by molar-refractivity contribution is 9.10. The summed E-state index contributed by atoms with van der Waals surface area (Å²) in [5.41, 5.74) is 1.76. The maximum absolute atomic E-state index is 10.6. The van der Waals surface area contributed by atoms with E-state index in [9.17, 15) is 10.1 Å². The van der Waals surface area contributed by atoms with Crippen LogP contribution in [-0.2, 0) is 6.42 Å². The van der Waals surface area contributed by atoms with Gasteiger partial charge in [0.2, 0.25) is 11.7 Å². The molecule has 0 aliphatic heterocycles. The molecule has 110 valence electrons. The molecule has 7 heteroatoms. The largest absolute Gasteiger partial charge is 0.339 e. The molecule has 0 saturated heterocycles. The first-order chi connectivity index (χ1) is 10.6. The molecule has 0 amide bonds. The van der Waals surface area contributed by atoms with Crippen molar-refractivity contribution in [2.45, 2.75) is 6.42 Å². The Bertz CT molecular complexity index is 798. The number of halogens is 1. The van der Waals surface area contributed by atoms with Gasteiger partial charge in [-0.05, 0) is 29.8 Å². The number of nitrogens with zero attached hydrogens (tertiary/aromatic N) is 3. The van der Waals surface area contributed by atoms with Gasteiger partial charge in [0.25, 0.3) is 5.69 Å². The SMILES string of the molecule is O=[N+]([O-])c1ccc(-c2noc(Cc3ccc(Br)cc3)n2)cc1. The van der Waals surface area contributed by atoms with Crippen molar-refractivity contribution >= 4 is 21.6 Å². The summed E-state index contributed by atoms with van der Waals surface area (Å²) in [6.45, 7) is 0. The van der Waals surface area contributed by atoms with Crippen LogP contribution in [-0.4, -0.2) is 15.1 Å². The van der Waals surface area contributed by atoms with Gasteiger partial charge in [-0.3, -0.25) is 10.1 Å². The monoisotopic (exact) mass is 359 g/mol. The Hall–Kier alpha value is -2.54. The minimum Gasteiger partial charge on any atom is -0.339 e. The fourth-order valence-corrected chi connectivity index (χ4v) is 2.22. The van der Waals surface area contributed by atoms with Crippen molar-refractivity contribution in [1.29, 1.82) is 0 Å². The zero-order valence-electron chi connectivity index (χ0n) is 11.3. The lowest BCUT2D eigenvalue weighted by atomic mass is 10.1. The molecule has 0 saturated carbocycles. The molecular formula is C15H10BrN3O3. The number of nitro benzene ring substituents is 1. The standard InChI is InChI=1S/C15H10BrN3O3/c16-12-5-1-10(2-6-12)9-14-17-15(18-22-14)11-3-7-13(8-4-11)19(20)21/h1-8H,9H2. The van der Waals surface area contributed by atoms with Gasteiger partial charge in [0.1, 0.15) is 0 Å². The van der Waals surface area contributed by atoms with E-state index in [4.69, 9.17) is 4.52 Å². The molecular weight excluding hydrogens is 350 g/mol. The van der Waals surface area contributed by atoms with Crippen molar-refractivity contribution in [3.05, 3.63) is 74.6 Å². The fraction of sp³-hybridized carbons (Fsp3) is 0.0667. The summed E-state index contributed by atoms with van der Waals surface area (Å²) >= 11 is 3.38. The second-order valence-electron chi connectivity index (χ2n) is 4.62. The van der Waals surface area contributed by atoms with Crippen LogP contribution in [0, 0.1) is 10.1 Å². The predicted molar refractivity (Wildman–Crippen MR) is 83.3 cm³/mol. The Labute approximate surface area is 134 Å². The number of rotatable bonds is 4. The maximum atomic E-state index is 10.6. The van der Waals surface area contributed by atoms with E-state index in [0.29, 0.717) is 23.7 Å². The van der Waals surface area contributed by atoms with Crippen LogP contribution in [0.1, 0.15) is 11.5 Å². The molecule has 0 unspecified atom stereocenters. The van der Waals surface area contributed by atoms with Gasteiger partial charge in [0.15, 0.2) is 0 Å². The van der Waals surface area contributed by atoms with Crippen LogP contribution in [0.5, 0.6) is 0 Å². The number of hydrogen-bond acceptors (Lipinski definition) is 5. The summed E-state index contributed by atoms with van der Waals surface area (Å²) < 4.78 is 6.23. The van der Waals surface area contributed by atoms with Gasteiger partial charge < -0.3 is 4.52 Å². The van der Waals surface area contributed by atoms with Crippen molar-refractivity contribution in [1.82, 2.24) is 10.1 Å². The Morgan fingerprint density at radius 1 is 1.09 bits per heavy atom. The molecule has 3 aromatic rings. The summed E-state index contributed by atoms with van der Waals surface area (Å²) in [6.07, 6.45) is 0.535. The van der Waals surface area contributed by atoms with Crippen LogP contribution in [0.25, 0.3) is 11.4 Å². The van der Waals surface area contributed by atoms with Crippen LogP contribution in [0.4, 0.5) is 5.69 Å². The van der Waals surface area contributed by atoms with E-state index in [-0.39, 0.29) is 5.69 Å². The van der Waals surface area contributed by atoms with Crippen LogP contribution >= 0.6 is 15.9 Å². The van der Waals surface area contributed by atoms with E-state index in [1.807, 2.05) is 24.3 Å². The van der Waals surface area contributed by atoms with Gasteiger partial charge in [0, 0.05) is 22.2 Å². The van der Waals surface area contributed by atoms with Crippen LogP contribution in [0.2, 0.25) is 0 Å². The van der Waals surface area contributed by atoms with E-state index in [1.54, 1.807) is 12.1 Å². The Morgan fingerprint density at radius 2 is 1.77 bits per heavy atom. The van der Waals surface area contributed by atoms with Crippen molar-refractivity contribution < 1.29 is 9.45 Å². The van der Waals surface area contributed by atoms with Gasteiger partial charge in [0.05, 0.1) is 11.3 Å². The van der Waals surface area contributed by atoms with Gasteiger partial charge in [-0.15, -0.1) is 0 Å². The summed E-state index contributed by atoms with van der Waals surface area (Å²) in [6, 6.07) is 13.9.